The normalized spacial score (nSPS) is 12.8. The molecule has 0 aliphatic rings. The van der Waals surface area contributed by atoms with Crippen LogP contribution in [0.15, 0.2) is 83.8 Å². The molecule has 1 atom stereocenters. The first kappa shape index (κ1) is 24.6. The van der Waals surface area contributed by atoms with Crippen molar-refractivity contribution in [3.8, 4) is 0 Å². The summed E-state index contributed by atoms with van der Waals surface area (Å²) in [6.45, 7) is 0.940. The highest BCUT2D eigenvalue weighted by molar-refractivity contribution is 7.92. The van der Waals surface area contributed by atoms with E-state index >= 15 is 0 Å². The zero-order chi connectivity index (χ0) is 24.2. The molecule has 174 valence electrons. The second kappa shape index (κ2) is 9.84. The largest absolute Gasteiger partial charge is 0.416 e. The number of hydrogen-bond donors (Lipinski definition) is 1. The standard InChI is InChI=1S/C23H20ClF3N2O3S/c1-16(17-8-4-2-5-9-17)28-22(30)15-29(33(31,32)19-10-6-3-7-11-19)21-14-18(23(25,26)27)12-13-20(21)24/h2-14,16H,15H2,1H3,(H,28,30). The lowest BCUT2D eigenvalue weighted by atomic mass is 10.1. The fraction of sp³-hybridized carbons (Fsp3) is 0.174. The average Bonchev–Trinajstić information content (AvgIpc) is 2.78. The van der Waals surface area contributed by atoms with Crippen molar-refractivity contribution in [3.05, 3.63) is 95.0 Å². The highest BCUT2D eigenvalue weighted by Crippen LogP contribution is 2.37. The maximum atomic E-state index is 13.3. The van der Waals surface area contributed by atoms with Crippen LogP contribution in [0.5, 0.6) is 0 Å². The van der Waals surface area contributed by atoms with E-state index < -0.39 is 45.9 Å². The van der Waals surface area contributed by atoms with E-state index in [0.717, 1.165) is 17.7 Å². The van der Waals surface area contributed by atoms with Gasteiger partial charge in [0.1, 0.15) is 6.54 Å². The molecular weight excluding hydrogens is 477 g/mol. The molecule has 10 heteroatoms. The van der Waals surface area contributed by atoms with Crippen LogP contribution in [0.25, 0.3) is 0 Å². The van der Waals surface area contributed by atoms with Gasteiger partial charge in [-0.15, -0.1) is 0 Å². The summed E-state index contributed by atoms with van der Waals surface area (Å²) in [4.78, 5) is 12.6. The summed E-state index contributed by atoms with van der Waals surface area (Å²) in [6, 6.07) is 17.9. The van der Waals surface area contributed by atoms with Crippen LogP contribution in [0.2, 0.25) is 5.02 Å². The fourth-order valence-corrected chi connectivity index (χ4v) is 4.86. The number of halogens is 4. The van der Waals surface area contributed by atoms with E-state index in [9.17, 15) is 26.4 Å². The van der Waals surface area contributed by atoms with Crippen molar-refractivity contribution in [1.29, 1.82) is 0 Å². The van der Waals surface area contributed by atoms with Gasteiger partial charge in [-0.25, -0.2) is 8.42 Å². The lowest BCUT2D eigenvalue weighted by molar-refractivity contribution is -0.137. The van der Waals surface area contributed by atoms with Crippen LogP contribution < -0.4 is 9.62 Å². The van der Waals surface area contributed by atoms with Crippen molar-refractivity contribution < 1.29 is 26.4 Å². The monoisotopic (exact) mass is 496 g/mol. The second-order valence-electron chi connectivity index (χ2n) is 7.19. The van der Waals surface area contributed by atoms with Gasteiger partial charge >= 0.3 is 6.18 Å². The van der Waals surface area contributed by atoms with Crippen LogP contribution in [0, 0.1) is 0 Å². The molecule has 5 nitrogen and oxygen atoms in total. The number of nitrogens with zero attached hydrogens (tertiary/aromatic N) is 1. The van der Waals surface area contributed by atoms with E-state index in [-0.39, 0.29) is 9.92 Å². The summed E-state index contributed by atoms with van der Waals surface area (Å²) >= 11 is 6.11. The fourth-order valence-electron chi connectivity index (χ4n) is 3.14. The average molecular weight is 497 g/mol. The minimum Gasteiger partial charge on any atom is -0.348 e. The molecule has 0 aliphatic heterocycles. The van der Waals surface area contributed by atoms with Crippen molar-refractivity contribution in [3.63, 3.8) is 0 Å². The number of hydrogen-bond acceptors (Lipinski definition) is 3. The summed E-state index contributed by atoms with van der Waals surface area (Å²) in [5, 5.41) is 2.43. The molecule has 0 fully saturated rings. The Hall–Kier alpha value is -3.04. The molecule has 33 heavy (non-hydrogen) atoms. The number of rotatable bonds is 7. The lowest BCUT2D eigenvalue weighted by Crippen LogP contribution is -2.41. The number of amides is 1. The maximum Gasteiger partial charge on any atom is 0.416 e. The van der Waals surface area contributed by atoms with Crippen LogP contribution in [0.1, 0.15) is 24.1 Å². The Kier molecular flexibility index (Phi) is 7.34. The number of carbonyl (C=O) groups excluding carboxylic acids is 1. The summed E-state index contributed by atoms with van der Waals surface area (Å²) in [7, 11) is -4.41. The van der Waals surface area contributed by atoms with Gasteiger partial charge < -0.3 is 5.32 Å². The lowest BCUT2D eigenvalue weighted by Gasteiger charge is -2.26. The number of sulfonamides is 1. The first-order valence-electron chi connectivity index (χ1n) is 9.79. The Balaban J connectivity index is 2.01. The SMILES string of the molecule is CC(NC(=O)CN(c1cc(C(F)(F)F)ccc1Cl)S(=O)(=O)c1ccccc1)c1ccccc1. The number of alkyl halides is 3. The molecule has 0 aliphatic carbocycles. The summed E-state index contributed by atoms with van der Waals surface area (Å²) in [5.74, 6) is -0.709. The minimum atomic E-state index is -4.73. The molecule has 1 amide bonds. The first-order valence-corrected chi connectivity index (χ1v) is 11.6. The molecule has 3 aromatic carbocycles. The Labute approximate surface area is 194 Å². The van der Waals surface area contributed by atoms with E-state index in [1.807, 2.05) is 6.07 Å². The molecule has 0 spiro atoms. The number of nitrogens with one attached hydrogen (secondary N) is 1. The van der Waals surface area contributed by atoms with Gasteiger partial charge in [0.05, 0.1) is 27.2 Å². The number of benzene rings is 3. The molecule has 0 saturated heterocycles. The van der Waals surface area contributed by atoms with E-state index in [0.29, 0.717) is 10.4 Å². The molecule has 3 rings (SSSR count). The third-order valence-electron chi connectivity index (χ3n) is 4.84. The van der Waals surface area contributed by atoms with Gasteiger partial charge in [0.15, 0.2) is 0 Å². The molecule has 0 radical (unpaired) electrons. The highest BCUT2D eigenvalue weighted by Gasteiger charge is 2.34. The Morgan fingerprint density at radius 3 is 2.15 bits per heavy atom. The van der Waals surface area contributed by atoms with Gasteiger partial charge in [0, 0.05) is 0 Å². The number of carbonyl (C=O) groups is 1. The van der Waals surface area contributed by atoms with E-state index in [2.05, 4.69) is 5.32 Å². The second-order valence-corrected chi connectivity index (χ2v) is 9.46. The Morgan fingerprint density at radius 2 is 1.58 bits per heavy atom. The van der Waals surface area contributed by atoms with Gasteiger partial charge in [-0.2, -0.15) is 13.2 Å². The molecule has 0 aromatic heterocycles. The molecule has 1 unspecified atom stereocenters. The van der Waals surface area contributed by atoms with Crippen molar-refractivity contribution in [2.24, 2.45) is 0 Å². The van der Waals surface area contributed by atoms with Gasteiger partial charge in [-0.1, -0.05) is 60.1 Å². The van der Waals surface area contributed by atoms with Crippen LogP contribution in [0.3, 0.4) is 0 Å². The van der Waals surface area contributed by atoms with Gasteiger partial charge in [-0.3, -0.25) is 9.10 Å². The smallest absolute Gasteiger partial charge is 0.348 e. The predicted molar refractivity (Wildman–Crippen MR) is 120 cm³/mol. The van der Waals surface area contributed by atoms with Gasteiger partial charge in [0.25, 0.3) is 10.0 Å². The molecular formula is C23H20ClF3N2O3S. The van der Waals surface area contributed by atoms with Gasteiger partial charge in [0.2, 0.25) is 5.91 Å². The molecule has 0 heterocycles. The van der Waals surface area contributed by atoms with Crippen LogP contribution in [-0.2, 0) is 21.0 Å². The zero-order valence-corrected chi connectivity index (χ0v) is 19.0. The quantitative estimate of drug-likeness (QED) is 0.474. The number of anilines is 1. The van der Waals surface area contributed by atoms with Crippen LogP contribution >= 0.6 is 11.6 Å². The van der Waals surface area contributed by atoms with Crippen molar-refractivity contribution in [2.75, 3.05) is 10.8 Å². The minimum absolute atomic E-state index is 0.192. The summed E-state index contributed by atoms with van der Waals surface area (Å²) < 4.78 is 67.2. The van der Waals surface area contributed by atoms with E-state index in [1.54, 1.807) is 37.3 Å². The van der Waals surface area contributed by atoms with Crippen molar-refractivity contribution >= 4 is 33.2 Å². The topological polar surface area (TPSA) is 66.5 Å². The summed E-state index contributed by atoms with van der Waals surface area (Å²) in [6.07, 6.45) is -4.73. The maximum absolute atomic E-state index is 13.3. The van der Waals surface area contributed by atoms with E-state index in [4.69, 9.17) is 11.6 Å². The molecule has 1 N–H and O–H groups in total. The molecule has 3 aromatic rings. The van der Waals surface area contributed by atoms with Crippen LogP contribution in [0.4, 0.5) is 18.9 Å². The first-order chi connectivity index (χ1) is 15.5. The predicted octanol–water partition coefficient (Wildman–Crippen LogP) is 5.43. The third kappa shape index (κ3) is 5.85. The Morgan fingerprint density at radius 1 is 1.00 bits per heavy atom. The molecule has 0 bridgehead atoms. The van der Waals surface area contributed by atoms with Crippen molar-refractivity contribution in [1.82, 2.24) is 5.32 Å². The zero-order valence-electron chi connectivity index (χ0n) is 17.4. The highest BCUT2D eigenvalue weighted by atomic mass is 35.5. The van der Waals surface area contributed by atoms with E-state index in [1.165, 1.54) is 24.3 Å². The third-order valence-corrected chi connectivity index (χ3v) is 6.93. The van der Waals surface area contributed by atoms with Crippen LogP contribution in [-0.4, -0.2) is 20.9 Å². The summed E-state index contributed by atoms with van der Waals surface area (Å²) in [5.41, 5.74) is -0.758. The van der Waals surface area contributed by atoms with Gasteiger partial charge in [-0.05, 0) is 42.8 Å². The Bertz CT molecular complexity index is 1220. The molecule has 0 saturated carbocycles. The van der Waals surface area contributed by atoms with Crippen molar-refractivity contribution in [2.45, 2.75) is 24.0 Å².